The Kier molecular flexibility index (Phi) is 6.08. The van der Waals surface area contributed by atoms with E-state index in [0.29, 0.717) is 17.0 Å². The Bertz CT molecular complexity index is 710. The topological polar surface area (TPSA) is 92.7 Å². The monoisotopic (exact) mass is 327 g/mol. The van der Waals surface area contributed by atoms with E-state index in [-0.39, 0.29) is 25.2 Å². The maximum Gasteiger partial charge on any atom is 0.343 e. The van der Waals surface area contributed by atoms with Crippen LogP contribution in [0, 0.1) is 0 Å². The first-order chi connectivity index (χ1) is 11.5. The highest BCUT2D eigenvalue weighted by Crippen LogP contribution is 2.17. The number of nitrogens with one attached hydrogen (secondary N) is 1. The van der Waals surface area contributed by atoms with Crippen molar-refractivity contribution < 1.29 is 24.2 Å². The number of hydrogen-bond donors (Lipinski definition) is 2. The average molecular weight is 327 g/mol. The number of ether oxygens (including phenoxy) is 1. The lowest BCUT2D eigenvalue weighted by molar-refractivity contribution is -0.137. The lowest BCUT2D eigenvalue weighted by Gasteiger charge is -2.07. The molecule has 0 saturated carbocycles. The summed E-state index contributed by atoms with van der Waals surface area (Å²) in [5.74, 6) is -1.27. The Morgan fingerprint density at radius 2 is 1.58 bits per heavy atom. The van der Waals surface area contributed by atoms with Gasteiger partial charge in [-0.3, -0.25) is 9.59 Å². The van der Waals surface area contributed by atoms with Crippen LogP contribution in [0.5, 0.6) is 5.75 Å². The second-order valence-corrected chi connectivity index (χ2v) is 5.08. The number of carbonyl (C=O) groups is 3. The third-order valence-electron chi connectivity index (χ3n) is 3.15. The number of benzene rings is 2. The summed E-state index contributed by atoms with van der Waals surface area (Å²) in [6.45, 7) is 0. The van der Waals surface area contributed by atoms with Crippen molar-refractivity contribution in [2.45, 2.75) is 19.3 Å². The van der Waals surface area contributed by atoms with Gasteiger partial charge >= 0.3 is 11.9 Å². The molecule has 6 nitrogen and oxygen atoms in total. The van der Waals surface area contributed by atoms with E-state index in [9.17, 15) is 14.4 Å². The van der Waals surface area contributed by atoms with Gasteiger partial charge in [0.2, 0.25) is 5.91 Å². The minimum Gasteiger partial charge on any atom is -0.481 e. The summed E-state index contributed by atoms with van der Waals surface area (Å²) in [7, 11) is 0. The standard InChI is InChI=1S/C18H17NO5/c20-16(7-4-8-17(21)22)19-14-9-11-15(12-10-14)24-18(23)13-5-2-1-3-6-13/h1-3,5-6,9-12H,4,7-8H2,(H,19,20)(H,21,22). The van der Waals surface area contributed by atoms with Crippen LogP contribution in [0.3, 0.4) is 0 Å². The zero-order valence-electron chi connectivity index (χ0n) is 12.9. The molecule has 0 fully saturated rings. The van der Waals surface area contributed by atoms with E-state index in [1.807, 2.05) is 6.07 Å². The minimum absolute atomic E-state index is 0.0399. The zero-order valence-corrected chi connectivity index (χ0v) is 12.9. The van der Waals surface area contributed by atoms with Gasteiger partial charge in [-0.2, -0.15) is 0 Å². The summed E-state index contributed by atoms with van der Waals surface area (Å²) in [6, 6.07) is 15.0. The summed E-state index contributed by atoms with van der Waals surface area (Å²) in [5, 5.41) is 11.2. The fraction of sp³-hybridized carbons (Fsp3) is 0.167. The molecule has 0 radical (unpaired) electrons. The molecule has 124 valence electrons. The first-order valence-electron chi connectivity index (χ1n) is 7.43. The number of hydrogen-bond acceptors (Lipinski definition) is 4. The van der Waals surface area contributed by atoms with Crippen LogP contribution in [0.2, 0.25) is 0 Å². The van der Waals surface area contributed by atoms with Crippen molar-refractivity contribution in [3.05, 3.63) is 60.2 Å². The summed E-state index contributed by atoms with van der Waals surface area (Å²) in [5.41, 5.74) is 1.00. The van der Waals surface area contributed by atoms with Crippen molar-refractivity contribution in [1.82, 2.24) is 0 Å². The van der Waals surface area contributed by atoms with E-state index in [0.717, 1.165) is 0 Å². The molecule has 0 aliphatic heterocycles. The number of carboxylic acids is 1. The number of amides is 1. The van der Waals surface area contributed by atoms with Gasteiger partial charge in [-0.1, -0.05) is 18.2 Å². The van der Waals surface area contributed by atoms with Crippen LogP contribution in [0.15, 0.2) is 54.6 Å². The Labute approximate surface area is 139 Å². The highest BCUT2D eigenvalue weighted by molar-refractivity contribution is 5.92. The van der Waals surface area contributed by atoms with Gasteiger partial charge in [0.1, 0.15) is 5.75 Å². The van der Waals surface area contributed by atoms with Gasteiger partial charge in [0.25, 0.3) is 0 Å². The van der Waals surface area contributed by atoms with E-state index in [2.05, 4.69) is 5.32 Å². The van der Waals surface area contributed by atoms with Crippen molar-refractivity contribution in [3.63, 3.8) is 0 Å². The van der Waals surface area contributed by atoms with Crippen LogP contribution in [0.25, 0.3) is 0 Å². The van der Waals surface area contributed by atoms with E-state index >= 15 is 0 Å². The molecule has 1 amide bonds. The zero-order chi connectivity index (χ0) is 17.4. The molecule has 0 aliphatic carbocycles. The quantitative estimate of drug-likeness (QED) is 0.602. The summed E-state index contributed by atoms with van der Waals surface area (Å²) in [6.07, 6.45) is 0.382. The number of carbonyl (C=O) groups excluding carboxylic acids is 2. The third-order valence-corrected chi connectivity index (χ3v) is 3.15. The molecule has 0 bridgehead atoms. The normalized spacial score (nSPS) is 10.0. The summed E-state index contributed by atoms with van der Waals surface area (Å²) >= 11 is 0. The molecule has 0 aliphatic rings. The van der Waals surface area contributed by atoms with E-state index in [1.54, 1.807) is 48.5 Å². The van der Waals surface area contributed by atoms with Crippen molar-refractivity contribution in [3.8, 4) is 5.75 Å². The number of aliphatic carboxylic acids is 1. The number of rotatable bonds is 7. The molecule has 2 aromatic carbocycles. The highest BCUT2D eigenvalue weighted by atomic mass is 16.5. The Morgan fingerprint density at radius 3 is 2.21 bits per heavy atom. The predicted molar refractivity (Wildman–Crippen MR) is 88.0 cm³/mol. The predicted octanol–water partition coefficient (Wildman–Crippen LogP) is 3.10. The van der Waals surface area contributed by atoms with E-state index in [1.165, 1.54) is 0 Å². The second kappa shape index (κ2) is 8.47. The lowest BCUT2D eigenvalue weighted by Crippen LogP contribution is -2.12. The molecule has 2 rings (SSSR count). The van der Waals surface area contributed by atoms with Crippen LogP contribution in [0.1, 0.15) is 29.6 Å². The Morgan fingerprint density at radius 1 is 0.917 bits per heavy atom. The van der Waals surface area contributed by atoms with Crippen molar-refractivity contribution >= 4 is 23.5 Å². The molecule has 2 aromatic rings. The first kappa shape index (κ1) is 17.2. The first-order valence-corrected chi connectivity index (χ1v) is 7.43. The lowest BCUT2D eigenvalue weighted by atomic mass is 10.2. The number of anilines is 1. The SMILES string of the molecule is O=C(O)CCCC(=O)Nc1ccc(OC(=O)c2ccccc2)cc1. The molecule has 0 unspecified atom stereocenters. The summed E-state index contributed by atoms with van der Waals surface area (Å²) in [4.78, 5) is 34.0. The molecular weight excluding hydrogens is 310 g/mol. The van der Waals surface area contributed by atoms with Gasteiger partial charge in [0.05, 0.1) is 5.56 Å². The molecule has 0 saturated heterocycles. The molecule has 0 aromatic heterocycles. The maximum atomic E-state index is 11.9. The van der Waals surface area contributed by atoms with Crippen LogP contribution in [0.4, 0.5) is 5.69 Å². The van der Waals surface area contributed by atoms with E-state index in [4.69, 9.17) is 9.84 Å². The second-order valence-electron chi connectivity index (χ2n) is 5.08. The smallest absolute Gasteiger partial charge is 0.343 e. The molecule has 0 atom stereocenters. The van der Waals surface area contributed by atoms with Gasteiger partial charge in [-0.25, -0.2) is 4.79 Å². The van der Waals surface area contributed by atoms with Crippen molar-refractivity contribution in [2.24, 2.45) is 0 Å². The largest absolute Gasteiger partial charge is 0.481 e. The minimum atomic E-state index is -0.924. The van der Waals surface area contributed by atoms with Crippen LogP contribution >= 0.6 is 0 Å². The molecule has 2 N–H and O–H groups in total. The number of esters is 1. The fourth-order valence-corrected chi connectivity index (χ4v) is 1.97. The van der Waals surface area contributed by atoms with Gasteiger partial charge in [-0.05, 0) is 42.8 Å². The fourth-order valence-electron chi connectivity index (χ4n) is 1.97. The van der Waals surface area contributed by atoms with Gasteiger partial charge < -0.3 is 15.2 Å². The summed E-state index contributed by atoms with van der Waals surface area (Å²) < 4.78 is 5.23. The Balaban J connectivity index is 1.85. The Hall–Kier alpha value is -3.15. The van der Waals surface area contributed by atoms with E-state index < -0.39 is 11.9 Å². The molecule has 24 heavy (non-hydrogen) atoms. The average Bonchev–Trinajstić information content (AvgIpc) is 2.57. The molecule has 0 heterocycles. The highest BCUT2D eigenvalue weighted by Gasteiger charge is 2.08. The molecular formula is C18H17NO5. The maximum absolute atomic E-state index is 11.9. The number of carboxylic acid groups (broad SMARTS) is 1. The molecule has 6 heteroatoms. The van der Waals surface area contributed by atoms with Crippen LogP contribution < -0.4 is 10.1 Å². The van der Waals surface area contributed by atoms with Crippen molar-refractivity contribution in [2.75, 3.05) is 5.32 Å². The van der Waals surface area contributed by atoms with Gasteiger partial charge in [0.15, 0.2) is 0 Å². The van der Waals surface area contributed by atoms with Crippen LogP contribution in [-0.2, 0) is 9.59 Å². The van der Waals surface area contributed by atoms with Crippen molar-refractivity contribution in [1.29, 1.82) is 0 Å². The van der Waals surface area contributed by atoms with Gasteiger partial charge in [-0.15, -0.1) is 0 Å². The third kappa shape index (κ3) is 5.57. The van der Waals surface area contributed by atoms with Crippen LogP contribution in [-0.4, -0.2) is 23.0 Å². The van der Waals surface area contributed by atoms with Gasteiger partial charge in [0, 0.05) is 18.5 Å². The molecule has 0 spiro atoms.